The molecule has 0 aromatic carbocycles. The van der Waals surface area contributed by atoms with Gasteiger partial charge >= 0.3 is 17.6 Å². The molecule has 118 valence electrons. The predicted molar refractivity (Wildman–Crippen MR) is 71.2 cm³/mol. The van der Waals surface area contributed by atoms with E-state index in [9.17, 15) is 22.8 Å². The van der Waals surface area contributed by atoms with E-state index >= 15 is 0 Å². The Morgan fingerprint density at radius 1 is 1.09 bits per heavy atom. The van der Waals surface area contributed by atoms with Crippen molar-refractivity contribution in [1.29, 1.82) is 0 Å². The maximum atomic E-state index is 12.9. The molecule has 0 amide bonds. The molecule has 0 saturated heterocycles. The summed E-state index contributed by atoms with van der Waals surface area (Å²) >= 11 is 0. The van der Waals surface area contributed by atoms with Crippen LogP contribution in [0.5, 0.6) is 0 Å². The lowest BCUT2D eigenvalue weighted by molar-refractivity contribution is -0.138. The maximum Gasteiger partial charge on any atom is 0.418 e. The summed E-state index contributed by atoms with van der Waals surface area (Å²) in [5, 5.41) is 0. The zero-order chi connectivity index (χ0) is 16.2. The summed E-state index contributed by atoms with van der Waals surface area (Å²) in [6.45, 7) is 3.44. The average Bonchev–Trinajstić information content (AvgIpc) is 2.97. The highest BCUT2D eigenvalue weighted by atomic mass is 19.4. The Balaban J connectivity index is 2.26. The average molecular weight is 314 g/mol. The lowest BCUT2D eigenvalue weighted by atomic mass is 10.1. The first-order valence-electron chi connectivity index (χ1n) is 6.70. The summed E-state index contributed by atoms with van der Waals surface area (Å²) in [4.78, 5) is 28.4. The molecule has 0 fully saturated rings. The fraction of sp³-hybridized carbons (Fsp3) is 0.462. The van der Waals surface area contributed by atoms with Gasteiger partial charge in [-0.3, -0.25) is 0 Å². The van der Waals surface area contributed by atoms with E-state index in [0.717, 1.165) is 10.6 Å². The van der Waals surface area contributed by atoms with E-state index in [1.54, 1.807) is 0 Å². The SMILES string of the molecule is Cc1cc(C(F)(F)F)c(C)nc1-n1c(=O)n2n(c1=O)CCC2. The van der Waals surface area contributed by atoms with Crippen molar-refractivity contribution in [2.24, 2.45) is 0 Å². The van der Waals surface area contributed by atoms with E-state index in [4.69, 9.17) is 0 Å². The Hall–Kier alpha value is -2.32. The van der Waals surface area contributed by atoms with Crippen LogP contribution in [-0.2, 0) is 19.3 Å². The minimum absolute atomic E-state index is 0.0464. The molecule has 0 bridgehead atoms. The summed E-state index contributed by atoms with van der Waals surface area (Å²) in [5.41, 5.74) is -2.15. The molecule has 9 heteroatoms. The van der Waals surface area contributed by atoms with E-state index in [-0.39, 0.29) is 17.1 Å². The summed E-state index contributed by atoms with van der Waals surface area (Å²) in [5.74, 6) is -0.0464. The van der Waals surface area contributed by atoms with Crippen molar-refractivity contribution in [2.75, 3.05) is 0 Å². The number of nitrogens with zero attached hydrogens (tertiary/aromatic N) is 4. The normalized spacial score (nSPS) is 14.4. The van der Waals surface area contributed by atoms with Crippen LogP contribution in [0.3, 0.4) is 0 Å². The Labute approximate surface area is 122 Å². The van der Waals surface area contributed by atoms with Gasteiger partial charge in [0.1, 0.15) is 5.82 Å². The van der Waals surface area contributed by atoms with Crippen molar-refractivity contribution in [2.45, 2.75) is 39.5 Å². The Kier molecular flexibility index (Phi) is 3.05. The number of rotatable bonds is 1. The van der Waals surface area contributed by atoms with Crippen molar-refractivity contribution < 1.29 is 13.2 Å². The van der Waals surface area contributed by atoms with Gasteiger partial charge in [-0.05, 0) is 31.9 Å². The van der Waals surface area contributed by atoms with Crippen LogP contribution < -0.4 is 11.4 Å². The third-order valence-corrected chi connectivity index (χ3v) is 3.75. The first-order valence-corrected chi connectivity index (χ1v) is 6.70. The molecule has 3 heterocycles. The molecular formula is C13H13F3N4O2. The van der Waals surface area contributed by atoms with Crippen LogP contribution in [0, 0.1) is 13.8 Å². The molecule has 6 nitrogen and oxygen atoms in total. The van der Waals surface area contributed by atoms with E-state index in [1.165, 1.54) is 23.2 Å². The second kappa shape index (κ2) is 4.59. The van der Waals surface area contributed by atoms with Gasteiger partial charge in [-0.25, -0.2) is 23.9 Å². The van der Waals surface area contributed by atoms with Gasteiger partial charge in [-0.1, -0.05) is 0 Å². The largest absolute Gasteiger partial charge is 0.418 e. The quantitative estimate of drug-likeness (QED) is 0.795. The van der Waals surface area contributed by atoms with Gasteiger partial charge in [-0.2, -0.15) is 17.7 Å². The van der Waals surface area contributed by atoms with Crippen molar-refractivity contribution in [3.8, 4) is 5.82 Å². The number of hydrogen-bond acceptors (Lipinski definition) is 3. The fourth-order valence-electron chi connectivity index (χ4n) is 2.71. The third kappa shape index (κ3) is 1.99. The molecule has 1 aliphatic heterocycles. The number of fused-ring (bicyclic) bond motifs is 1. The summed E-state index contributed by atoms with van der Waals surface area (Å²) in [6.07, 6.45) is -3.84. The topological polar surface area (TPSA) is 61.8 Å². The van der Waals surface area contributed by atoms with E-state index in [2.05, 4.69) is 4.98 Å². The van der Waals surface area contributed by atoms with Gasteiger partial charge in [-0.15, -0.1) is 0 Å². The molecule has 22 heavy (non-hydrogen) atoms. The molecule has 0 unspecified atom stereocenters. The van der Waals surface area contributed by atoms with Gasteiger partial charge in [0, 0.05) is 13.1 Å². The predicted octanol–water partition coefficient (Wildman–Crippen LogP) is 1.24. The van der Waals surface area contributed by atoms with E-state index in [1.807, 2.05) is 0 Å². The monoisotopic (exact) mass is 314 g/mol. The number of hydrogen-bond donors (Lipinski definition) is 0. The van der Waals surface area contributed by atoms with Crippen molar-refractivity contribution in [3.05, 3.63) is 43.9 Å². The highest BCUT2D eigenvalue weighted by Gasteiger charge is 2.34. The zero-order valence-corrected chi connectivity index (χ0v) is 11.9. The molecule has 2 aromatic heterocycles. The molecule has 2 aromatic rings. The number of halogens is 3. The molecule has 0 aliphatic carbocycles. The van der Waals surface area contributed by atoms with E-state index < -0.39 is 23.1 Å². The summed E-state index contributed by atoms with van der Waals surface area (Å²) in [7, 11) is 0. The van der Waals surface area contributed by atoms with Gasteiger partial charge in [0.25, 0.3) is 0 Å². The minimum atomic E-state index is -4.52. The third-order valence-electron chi connectivity index (χ3n) is 3.75. The highest BCUT2D eigenvalue weighted by molar-refractivity contribution is 5.39. The highest BCUT2D eigenvalue weighted by Crippen LogP contribution is 2.32. The molecule has 0 radical (unpaired) electrons. The Morgan fingerprint density at radius 3 is 2.14 bits per heavy atom. The first-order chi connectivity index (χ1) is 10.2. The van der Waals surface area contributed by atoms with E-state index in [0.29, 0.717) is 19.5 Å². The lowest BCUT2D eigenvalue weighted by Crippen LogP contribution is -2.30. The standard InChI is InChI=1S/C13H13F3N4O2/c1-7-6-9(13(14,15)16)8(2)17-10(7)20-11(21)18-4-3-5-19(18)12(20)22/h6H,3-5H2,1-2H3. The maximum absolute atomic E-state index is 12.9. The molecule has 0 atom stereocenters. The van der Waals surface area contributed by atoms with Crippen molar-refractivity contribution in [3.63, 3.8) is 0 Å². The number of pyridine rings is 1. The van der Waals surface area contributed by atoms with Crippen LogP contribution in [0.15, 0.2) is 15.7 Å². The summed E-state index contributed by atoms with van der Waals surface area (Å²) < 4.78 is 42.0. The Bertz CT molecular complexity index is 838. The molecule has 0 saturated carbocycles. The summed E-state index contributed by atoms with van der Waals surface area (Å²) in [6, 6.07) is 0.914. The minimum Gasteiger partial charge on any atom is -0.245 e. The van der Waals surface area contributed by atoms with Gasteiger partial charge in [0.15, 0.2) is 0 Å². The fourth-order valence-corrected chi connectivity index (χ4v) is 2.71. The van der Waals surface area contributed by atoms with Crippen LogP contribution in [-0.4, -0.2) is 18.9 Å². The second-order valence-electron chi connectivity index (χ2n) is 5.26. The van der Waals surface area contributed by atoms with Gasteiger partial charge in [0.05, 0.1) is 11.3 Å². The van der Waals surface area contributed by atoms with Gasteiger partial charge < -0.3 is 0 Å². The van der Waals surface area contributed by atoms with Crippen LogP contribution in [0.4, 0.5) is 13.2 Å². The van der Waals surface area contributed by atoms with Crippen molar-refractivity contribution >= 4 is 0 Å². The number of aryl methyl sites for hydroxylation is 2. The van der Waals surface area contributed by atoms with Crippen LogP contribution >= 0.6 is 0 Å². The Morgan fingerprint density at radius 2 is 1.64 bits per heavy atom. The van der Waals surface area contributed by atoms with Crippen LogP contribution in [0.25, 0.3) is 5.82 Å². The molecule has 0 N–H and O–H groups in total. The molecule has 3 rings (SSSR count). The second-order valence-corrected chi connectivity index (χ2v) is 5.26. The number of aromatic nitrogens is 4. The number of alkyl halides is 3. The van der Waals surface area contributed by atoms with Crippen LogP contribution in [0.1, 0.15) is 23.2 Å². The lowest BCUT2D eigenvalue weighted by Gasteiger charge is -2.13. The zero-order valence-electron chi connectivity index (χ0n) is 11.9. The van der Waals surface area contributed by atoms with Crippen molar-refractivity contribution in [1.82, 2.24) is 18.9 Å². The molecule has 1 aliphatic rings. The smallest absolute Gasteiger partial charge is 0.245 e. The van der Waals surface area contributed by atoms with Gasteiger partial charge in [0.2, 0.25) is 0 Å². The molecule has 0 spiro atoms. The van der Waals surface area contributed by atoms with Crippen LogP contribution in [0.2, 0.25) is 0 Å². The molecular weight excluding hydrogens is 301 g/mol. The first kappa shape index (κ1) is 14.6.